The molecule has 0 saturated carbocycles. The largest absolute Gasteiger partial charge is 0.490 e. The third kappa shape index (κ3) is 4.14. The predicted molar refractivity (Wildman–Crippen MR) is 110 cm³/mol. The van der Waals surface area contributed by atoms with Crippen LogP contribution in [0.5, 0.6) is 11.6 Å². The van der Waals surface area contributed by atoms with Crippen LogP contribution in [0.4, 0.5) is 0 Å². The molecule has 32 heavy (non-hydrogen) atoms. The molecule has 0 aliphatic carbocycles. The average molecular weight is 458 g/mol. The van der Waals surface area contributed by atoms with Crippen LogP contribution in [0.25, 0.3) is 11.0 Å². The van der Waals surface area contributed by atoms with Crippen LogP contribution in [0.2, 0.25) is 0 Å². The molecule has 0 spiro atoms. The van der Waals surface area contributed by atoms with Crippen molar-refractivity contribution in [1.29, 1.82) is 0 Å². The Balaban J connectivity index is 1.46. The summed E-state index contributed by atoms with van der Waals surface area (Å²) < 4.78 is 46.5. The molecule has 0 bridgehead atoms. The standard InChI is InChI=1S/C21H18N2O8S/c1-2-14-12-18(24)17-9-8-15(13-19(17)30-14)28-10-11-29-20-21(23(25)31-22-20)32(26,27)16-6-4-3-5-7-16/h3-9,12-13H,2,10-11H2,1H3. The molecule has 0 atom stereocenters. The summed E-state index contributed by atoms with van der Waals surface area (Å²) in [6.45, 7) is 1.75. The lowest BCUT2D eigenvalue weighted by atomic mass is 10.2. The lowest BCUT2D eigenvalue weighted by Gasteiger charge is -2.07. The van der Waals surface area contributed by atoms with Crippen LogP contribution in [0.15, 0.2) is 78.4 Å². The third-order valence-corrected chi connectivity index (χ3v) is 6.27. The minimum absolute atomic E-state index is 0.000249. The highest BCUT2D eigenvalue weighted by Crippen LogP contribution is 2.25. The van der Waals surface area contributed by atoms with Crippen LogP contribution < -0.4 is 19.8 Å². The fourth-order valence-electron chi connectivity index (χ4n) is 2.99. The van der Waals surface area contributed by atoms with E-state index in [1.54, 1.807) is 24.3 Å². The van der Waals surface area contributed by atoms with Crippen LogP contribution in [0.1, 0.15) is 12.7 Å². The molecule has 10 nitrogen and oxygen atoms in total. The van der Waals surface area contributed by atoms with Crippen molar-refractivity contribution in [1.82, 2.24) is 5.16 Å². The second-order valence-corrected chi connectivity index (χ2v) is 8.51. The first kappa shape index (κ1) is 21.4. The molecule has 4 aromatic rings. The van der Waals surface area contributed by atoms with E-state index >= 15 is 0 Å². The molecule has 2 aromatic heterocycles. The molecular formula is C21H18N2O8S. The molecule has 0 aliphatic heterocycles. The number of nitrogens with zero attached hydrogens (tertiary/aromatic N) is 2. The van der Waals surface area contributed by atoms with Gasteiger partial charge in [-0.05, 0) is 29.2 Å². The fourth-order valence-corrected chi connectivity index (χ4v) is 4.28. The molecule has 0 amide bonds. The van der Waals surface area contributed by atoms with Gasteiger partial charge in [-0.15, -0.1) is 0 Å². The van der Waals surface area contributed by atoms with E-state index in [0.29, 0.717) is 28.9 Å². The van der Waals surface area contributed by atoms with E-state index in [-0.39, 0.29) is 28.4 Å². The molecule has 4 rings (SSSR count). The van der Waals surface area contributed by atoms with Crippen LogP contribution in [-0.2, 0) is 16.3 Å². The second-order valence-electron chi connectivity index (χ2n) is 6.64. The van der Waals surface area contributed by atoms with Gasteiger partial charge < -0.3 is 19.1 Å². The third-order valence-electron chi connectivity index (χ3n) is 4.55. The molecule has 0 N–H and O–H groups in total. The van der Waals surface area contributed by atoms with Crippen molar-refractivity contribution in [3.63, 3.8) is 0 Å². The van der Waals surface area contributed by atoms with Crippen LogP contribution in [0.3, 0.4) is 0 Å². The fraction of sp³-hybridized carbons (Fsp3) is 0.190. The molecule has 0 fully saturated rings. The van der Waals surface area contributed by atoms with Crippen molar-refractivity contribution < 1.29 is 31.8 Å². The van der Waals surface area contributed by atoms with Gasteiger partial charge in [-0.2, -0.15) is 0 Å². The van der Waals surface area contributed by atoms with Crippen molar-refractivity contribution in [2.75, 3.05) is 13.2 Å². The maximum absolute atomic E-state index is 12.7. The molecule has 2 aromatic carbocycles. The van der Waals surface area contributed by atoms with E-state index in [0.717, 1.165) is 0 Å². The van der Waals surface area contributed by atoms with Crippen molar-refractivity contribution in [3.8, 4) is 11.6 Å². The first-order chi connectivity index (χ1) is 15.4. The van der Waals surface area contributed by atoms with Gasteiger partial charge in [-0.25, -0.2) is 8.42 Å². The zero-order valence-electron chi connectivity index (χ0n) is 16.9. The van der Waals surface area contributed by atoms with Crippen molar-refractivity contribution in [2.45, 2.75) is 23.3 Å². The maximum atomic E-state index is 12.7. The van der Waals surface area contributed by atoms with Crippen molar-refractivity contribution >= 4 is 20.8 Å². The minimum atomic E-state index is -4.19. The minimum Gasteiger partial charge on any atom is -0.490 e. The Morgan fingerprint density at radius 2 is 1.81 bits per heavy atom. The zero-order valence-corrected chi connectivity index (χ0v) is 17.7. The predicted octanol–water partition coefficient (Wildman–Crippen LogP) is 2.27. The van der Waals surface area contributed by atoms with E-state index in [9.17, 15) is 18.4 Å². The SMILES string of the molecule is CCc1cc(=O)c2ccc(OCCOc3no[n+]([O-])c3S(=O)(=O)c3ccccc3)cc2o1. The second kappa shape index (κ2) is 8.71. The number of benzene rings is 2. The van der Waals surface area contributed by atoms with E-state index < -0.39 is 20.7 Å². The number of hydrogen-bond donors (Lipinski definition) is 0. The van der Waals surface area contributed by atoms with Gasteiger partial charge >= 0.3 is 10.9 Å². The topological polar surface area (TPSA) is 136 Å². The van der Waals surface area contributed by atoms with Crippen molar-refractivity contribution in [3.05, 3.63) is 75.8 Å². The molecule has 0 saturated heterocycles. The number of sulfone groups is 1. The lowest BCUT2D eigenvalue weighted by Crippen LogP contribution is -2.31. The summed E-state index contributed by atoms with van der Waals surface area (Å²) in [6.07, 6.45) is 0.579. The summed E-state index contributed by atoms with van der Waals surface area (Å²) in [5.41, 5.74) is 0.259. The Labute approximate surface area is 182 Å². The first-order valence-electron chi connectivity index (χ1n) is 9.62. The van der Waals surface area contributed by atoms with Gasteiger partial charge in [0, 0.05) is 18.6 Å². The van der Waals surface area contributed by atoms with E-state index in [1.165, 1.54) is 30.3 Å². The molecular weight excluding hydrogens is 440 g/mol. The average Bonchev–Trinajstić information content (AvgIpc) is 3.18. The molecule has 11 heteroatoms. The highest BCUT2D eigenvalue weighted by atomic mass is 32.2. The van der Waals surface area contributed by atoms with Gasteiger partial charge in [0.2, 0.25) is 0 Å². The lowest BCUT2D eigenvalue weighted by molar-refractivity contribution is -0.832. The Morgan fingerprint density at radius 3 is 2.56 bits per heavy atom. The first-order valence-corrected chi connectivity index (χ1v) is 11.1. The number of aryl methyl sites for hydroxylation is 1. The monoisotopic (exact) mass is 458 g/mol. The van der Waals surface area contributed by atoms with Gasteiger partial charge in [0.15, 0.2) is 5.43 Å². The zero-order chi connectivity index (χ0) is 22.7. The maximum Gasteiger partial charge on any atom is 0.415 e. The highest BCUT2D eigenvalue weighted by Gasteiger charge is 2.35. The van der Waals surface area contributed by atoms with E-state index in [4.69, 9.17) is 13.9 Å². The molecule has 0 unspecified atom stereocenters. The normalized spacial score (nSPS) is 11.5. The number of rotatable bonds is 8. The Hall–Kier alpha value is -3.86. The van der Waals surface area contributed by atoms with Gasteiger partial charge in [-0.1, -0.05) is 25.1 Å². The summed E-state index contributed by atoms with van der Waals surface area (Å²) in [7, 11) is -4.19. The van der Waals surface area contributed by atoms with Gasteiger partial charge in [0.1, 0.15) is 30.3 Å². The summed E-state index contributed by atoms with van der Waals surface area (Å²) in [5.74, 6) is 0.519. The number of ether oxygens (including phenoxy) is 2. The summed E-state index contributed by atoms with van der Waals surface area (Å²) in [4.78, 5) is 11.8. The van der Waals surface area contributed by atoms with E-state index in [2.05, 4.69) is 9.79 Å². The highest BCUT2D eigenvalue weighted by molar-refractivity contribution is 7.91. The summed E-state index contributed by atoms with van der Waals surface area (Å²) >= 11 is 0. The Bertz CT molecular complexity index is 1410. The van der Waals surface area contributed by atoms with E-state index in [1.807, 2.05) is 6.92 Å². The number of fused-ring (bicyclic) bond motifs is 1. The Morgan fingerprint density at radius 1 is 1.06 bits per heavy atom. The van der Waals surface area contributed by atoms with Gasteiger partial charge in [-0.3, -0.25) is 9.42 Å². The summed E-state index contributed by atoms with van der Waals surface area (Å²) in [5, 5.41) is 15.0. The van der Waals surface area contributed by atoms with Crippen LogP contribution in [-0.4, -0.2) is 26.8 Å². The smallest absolute Gasteiger partial charge is 0.415 e. The van der Waals surface area contributed by atoms with Gasteiger partial charge in [0.25, 0.3) is 9.84 Å². The molecule has 2 heterocycles. The quantitative estimate of drug-likeness (QED) is 0.288. The van der Waals surface area contributed by atoms with Crippen LogP contribution >= 0.6 is 0 Å². The van der Waals surface area contributed by atoms with Gasteiger partial charge in [0.05, 0.1) is 15.4 Å². The molecule has 0 radical (unpaired) electrons. The Kier molecular flexibility index (Phi) is 5.82. The van der Waals surface area contributed by atoms with Crippen LogP contribution in [0, 0.1) is 5.21 Å². The number of aromatic nitrogens is 2. The number of hydrogen-bond acceptors (Lipinski definition) is 9. The molecule has 0 aliphatic rings. The molecule has 166 valence electrons. The summed E-state index contributed by atoms with van der Waals surface area (Å²) in [6, 6.07) is 13.6. The van der Waals surface area contributed by atoms with Crippen molar-refractivity contribution in [2.24, 2.45) is 0 Å².